The van der Waals surface area contributed by atoms with Crippen molar-refractivity contribution in [1.82, 2.24) is 5.32 Å². The maximum absolute atomic E-state index is 13.4. The maximum Gasteiger partial charge on any atom is 0.123 e. The molecule has 0 bridgehead atoms. The molecule has 1 aromatic carbocycles. The zero-order chi connectivity index (χ0) is 12.0. The molecule has 1 nitrogen and oxygen atoms in total. The lowest BCUT2D eigenvalue weighted by Crippen LogP contribution is -2.39. The Morgan fingerprint density at radius 3 is 2.88 bits per heavy atom. The molecule has 0 spiro atoms. The van der Waals surface area contributed by atoms with Crippen molar-refractivity contribution in [2.75, 3.05) is 0 Å². The van der Waals surface area contributed by atoms with Crippen LogP contribution in [-0.2, 0) is 13.0 Å². The van der Waals surface area contributed by atoms with Gasteiger partial charge in [-0.1, -0.05) is 13.8 Å². The largest absolute Gasteiger partial charge is 0.309 e. The lowest BCUT2D eigenvalue weighted by Gasteiger charge is -2.33. The zero-order valence-corrected chi connectivity index (χ0v) is 10.6. The molecule has 0 saturated heterocycles. The van der Waals surface area contributed by atoms with Crippen molar-refractivity contribution in [2.24, 2.45) is 5.92 Å². The minimum Gasteiger partial charge on any atom is -0.309 e. The van der Waals surface area contributed by atoms with Gasteiger partial charge in [0.1, 0.15) is 5.82 Å². The van der Waals surface area contributed by atoms with E-state index in [0.717, 1.165) is 18.9 Å². The molecule has 2 aliphatic rings. The summed E-state index contributed by atoms with van der Waals surface area (Å²) in [6.07, 6.45) is 3.47. The molecule has 92 valence electrons. The predicted molar refractivity (Wildman–Crippen MR) is 67.5 cm³/mol. The average molecular weight is 233 g/mol. The molecule has 0 radical (unpaired) electrons. The number of benzene rings is 1. The first-order valence-electron chi connectivity index (χ1n) is 6.69. The first-order valence-corrected chi connectivity index (χ1v) is 6.69. The molecule has 2 unspecified atom stereocenters. The molecule has 1 aromatic rings. The van der Waals surface area contributed by atoms with Crippen LogP contribution in [0.5, 0.6) is 0 Å². The number of nitrogens with one attached hydrogen (secondary N) is 1. The number of aryl methyl sites for hydroxylation is 1. The van der Waals surface area contributed by atoms with E-state index in [0.29, 0.717) is 12.0 Å². The van der Waals surface area contributed by atoms with E-state index in [2.05, 4.69) is 19.2 Å². The fraction of sp³-hybridized carbons (Fsp3) is 0.600. The Morgan fingerprint density at radius 2 is 2.12 bits per heavy atom. The summed E-state index contributed by atoms with van der Waals surface area (Å²) in [6, 6.07) is 4.06. The van der Waals surface area contributed by atoms with Gasteiger partial charge in [0, 0.05) is 18.5 Å². The van der Waals surface area contributed by atoms with Crippen LogP contribution in [0.2, 0.25) is 0 Å². The molecule has 0 amide bonds. The summed E-state index contributed by atoms with van der Waals surface area (Å²) >= 11 is 0. The van der Waals surface area contributed by atoms with Crippen LogP contribution in [0.25, 0.3) is 0 Å². The van der Waals surface area contributed by atoms with Crippen molar-refractivity contribution in [2.45, 2.75) is 51.6 Å². The van der Waals surface area contributed by atoms with Gasteiger partial charge in [0.25, 0.3) is 0 Å². The fourth-order valence-corrected chi connectivity index (χ4v) is 3.56. The van der Waals surface area contributed by atoms with Gasteiger partial charge in [-0.3, -0.25) is 0 Å². The van der Waals surface area contributed by atoms with Gasteiger partial charge in [0.05, 0.1) is 0 Å². The van der Waals surface area contributed by atoms with E-state index in [1.54, 1.807) is 12.1 Å². The maximum atomic E-state index is 13.4. The van der Waals surface area contributed by atoms with Crippen molar-refractivity contribution >= 4 is 0 Å². The third-order valence-corrected chi connectivity index (χ3v) is 4.18. The van der Waals surface area contributed by atoms with Crippen LogP contribution < -0.4 is 5.32 Å². The molecule has 0 saturated carbocycles. The summed E-state index contributed by atoms with van der Waals surface area (Å²) < 4.78 is 13.4. The minimum absolute atomic E-state index is 0.0662. The van der Waals surface area contributed by atoms with E-state index < -0.39 is 0 Å². The summed E-state index contributed by atoms with van der Waals surface area (Å²) in [4.78, 5) is 0. The second-order valence-corrected chi connectivity index (χ2v) is 5.90. The monoisotopic (exact) mass is 233 g/mol. The molecular formula is C15H20FN. The Morgan fingerprint density at radius 1 is 1.35 bits per heavy atom. The Balaban J connectivity index is 1.96. The van der Waals surface area contributed by atoms with Gasteiger partial charge in [0.2, 0.25) is 0 Å². The van der Waals surface area contributed by atoms with Crippen LogP contribution in [0.4, 0.5) is 4.39 Å². The van der Waals surface area contributed by atoms with Crippen molar-refractivity contribution in [3.05, 3.63) is 34.6 Å². The molecule has 1 aliphatic heterocycles. The first kappa shape index (κ1) is 11.2. The van der Waals surface area contributed by atoms with E-state index in [4.69, 9.17) is 0 Å². The summed E-state index contributed by atoms with van der Waals surface area (Å²) in [5.74, 6) is 1.28. The smallest absolute Gasteiger partial charge is 0.123 e. The highest BCUT2D eigenvalue weighted by Crippen LogP contribution is 2.42. The van der Waals surface area contributed by atoms with Gasteiger partial charge in [-0.05, 0) is 54.0 Å². The highest BCUT2D eigenvalue weighted by molar-refractivity contribution is 5.44. The van der Waals surface area contributed by atoms with Gasteiger partial charge in [-0.15, -0.1) is 0 Å². The topological polar surface area (TPSA) is 12.0 Å². The van der Waals surface area contributed by atoms with E-state index >= 15 is 0 Å². The van der Waals surface area contributed by atoms with Crippen LogP contribution in [0.15, 0.2) is 12.1 Å². The molecule has 3 rings (SSSR count). The number of rotatable bonds is 2. The first-order chi connectivity index (χ1) is 8.15. The average Bonchev–Trinajstić information content (AvgIpc) is 2.66. The molecule has 2 heteroatoms. The zero-order valence-electron chi connectivity index (χ0n) is 10.6. The third-order valence-electron chi connectivity index (χ3n) is 4.18. The standard InChI is InChI=1S/C15H20FN/c1-9(2)5-14-13-4-3-10-6-12(16)7-11(8-17-14)15(10)13/h6-7,9,13-14,17H,3-5,8H2,1-2H3. The Bertz CT molecular complexity index is 439. The third kappa shape index (κ3) is 1.89. The molecule has 0 aromatic heterocycles. The highest BCUT2D eigenvalue weighted by Gasteiger charge is 2.35. The Hall–Kier alpha value is -0.890. The van der Waals surface area contributed by atoms with Crippen molar-refractivity contribution < 1.29 is 4.39 Å². The fourth-order valence-electron chi connectivity index (χ4n) is 3.56. The molecule has 0 fully saturated rings. The Kier molecular flexibility index (Phi) is 2.70. The molecular weight excluding hydrogens is 213 g/mol. The van der Waals surface area contributed by atoms with Gasteiger partial charge < -0.3 is 5.32 Å². The second-order valence-electron chi connectivity index (χ2n) is 5.90. The molecule has 17 heavy (non-hydrogen) atoms. The summed E-state index contributed by atoms with van der Waals surface area (Å²) in [6.45, 7) is 5.39. The minimum atomic E-state index is -0.0662. The number of hydrogen-bond acceptors (Lipinski definition) is 1. The van der Waals surface area contributed by atoms with E-state index in [-0.39, 0.29) is 5.82 Å². The lowest BCUT2D eigenvalue weighted by atomic mass is 9.82. The van der Waals surface area contributed by atoms with Crippen LogP contribution in [0.3, 0.4) is 0 Å². The molecule has 2 atom stereocenters. The highest BCUT2D eigenvalue weighted by atomic mass is 19.1. The van der Waals surface area contributed by atoms with Gasteiger partial charge >= 0.3 is 0 Å². The quantitative estimate of drug-likeness (QED) is 0.825. The van der Waals surface area contributed by atoms with Gasteiger partial charge in [-0.2, -0.15) is 0 Å². The summed E-state index contributed by atoms with van der Waals surface area (Å²) in [7, 11) is 0. The van der Waals surface area contributed by atoms with Crippen molar-refractivity contribution in [3.8, 4) is 0 Å². The van der Waals surface area contributed by atoms with Gasteiger partial charge in [-0.25, -0.2) is 4.39 Å². The molecule has 1 N–H and O–H groups in total. The van der Waals surface area contributed by atoms with E-state index in [1.807, 2.05) is 0 Å². The SMILES string of the molecule is CC(C)CC1NCc2cc(F)cc3c2C1CC3. The second kappa shape index (κ2) is 4.09. The molecule has 1 heterocycles. The van der Waals surface area contributed by atoms with Gasteiger partial charge in [0.15, 0.2) is 0 Å². The summed E-state index contributed by atoms with van der Waals surface area (Å²) in [5.41, 5.74) is 3.93. The lowest BCUT2D eigenvalue weighted by molar-refractivity contribution is 0.342. The summed E-state index contributed by atoms with van der Waals surface area (Å²) in [5, 5.41) is 3.60. The van der Waals surface area contributed by atoms with E-state index in [1.165, 1.54) is 29.5 Å². The number of halogens is 1. The molecule has 1 aliphatic carbocycles. The van der Waals surface area contributed by atoms with Crippen molar-refractivity contribution in [3.63, 3.8) is 0 Å². The van der Waals surface area contributed by atoms with Crippen LogP contribution in [-0.4, -0.2) is 6.04 Å². The number of hydrogen-bond donors (Lipinski definition) is 1. The Labute approximate surface area is 102 Å². The van der Waals surface area contributed by atoms with E-state index in [9.17, 15) is 4.39 Å². The normalized spacial score (nSPS) is 26.4. The van der Waals surface area contributed by atoms with Crippen LogP contribution in [0, 0.1) is 11.7 Å². The van der Waals surface area contributed by atoms with Crippen molar-refractivity contribution in [1.29, 1.82) is 0 Å². The predicted octanol–water partition coefficient (Wildman–Crippen LogP) is 3.37. The van der Waals surface area contributed by atoms with Crippen LogP contribution in [0.1, 0.15) is 49.3 Å². The van der Waals surface area contributed by atoms with Crippen LogP contribution >= 0.6 is 0 Å².